The molecule has 10 heteroatoms. The molecule has 0 fully saturated rings. The SMILES string of the molecule is O=C(C[C@@H]1SC(N2N=C(c3ccc(F)cc3)C[C@@H]2c2ccc(F)cc2)=NC1=O)Nc1cccc(Cl)c1. The van der Waals surface area contributed by atoms with E-state index in [-0.39, 0.29) is 30.0 Å². The number of aliphatic imine (C=N–C) groups is 1. The number of carbonyl (C=O) groups is 2. The minimum Gasteiger partial charge on any atom is -0.326 e. The molecule has 2 aliphatic rings. The first kappa shape index (κ1) is 24.1. The fraction of sp³-hybridized carbons (Fsp3) is 0.154. The fourth-order valence-electron chi connectivity index (χ4n) is 4.00. The lowest BCUT2D eigenvalue weighted by Crippen LogP contribution is -2.25. The Balaban J connectivity index is 1.35. The average Bonchev–Trinajstić information content (AvgIpc) is 3.44. The number of hydrogen-bond donors (Lipinski definition) is 1. The van der Waals surface area contributed by atoms with Crippen molar-refractivity contribution in [3.8, 4) is 0 Å². The van der Waals surface area contributed by atoms with Gasteiger partial charge in [0.05, 0.1) is 11.8 Å². The van der Waals surface area contributed by atoms with E-state index in [9.17, 15) is 18.4 Å². The lowest BCUT2D eigenvalue weighted by molar-refractivity contribution is -0.121. The van der Waals surface area contributed by atoms with Crippen LogP contribution < -0.4 is 5.32 Å². The van der Waals surface area contributed by atoms with Gasteiger partial charge in [0.1, 0.15) is 16.9 Å². The van der Waals surface area contributed by atoms with Crippen LogP contribution in [0.25, 0.3) is 0 Å². The van der Waals surface area contributed by atoms with E-state index in [0.717, 1.165) is 22.9 Å². The number of rotatable bonds is 5. The molecule has 182 valence electrons. The molecule has 6 nitrogen and oxygen atoms in total. The minimum atomic E-state index is -0.710. The molecule has 0 radical (unpaired) electrons. The van der Waals surface area contributed by atoms with Crippen LogP contribution in [-0.2, 0) is 9.59 Å². The van der Waals surface area contributed by atoms with Crippen molar-refractivity contribution in [2.45, 2.75) is 24.1 Å². The molecule has 2 aliphatic heterocycles. The number of hydrazone groups is 1. The monoisotopic (exact) mass is 524 g/mol. The van der Waals surface area contributed by atoms with E-state index >= 15 is 0 Å². The molecule has 36 heavy (non-hydrogen) atoms. The number of nitrogens with zero attached hydrogens (tertiary/aromatic N) is 3. The van der Waals surface area contributed by atoms with Gasteiger partial charge in [-0.2, -0.15) is 10.1 Å². The highest BCUT2D eigenvalue weighted by molar-refractivity contribution is 8.15. The van der Waals surface area contributed by atoms with E-state index in [1.807, 2.05) is 0 Å². The molecule has 0 saturated heterocycles. The van der Waals surface area contributed by atoms with Gasteiger partial charge in [-0.05, 0) is 53.6 Å². The summed E-state index contributed by atoms with van der Waals surface area (Å²) in [6.45, 7) is 0. The molecule has 0 unspecified atom stereocenters. The standard InChI is InChI=1S/C26H19ClF2N4O2S/c27-17-2-1-3-20(12-17)30-24(34)14-23-25(35)31-26(36-23)33-22(16-6-10-19(29)11-7-16)13-21(32-33)15-4-8-18(28)9-5-15/h1-12,22-23H,13-14H2,(H,30,34)/t22-,23+/m1/s1. The van der Waals surface area contributed by atoms with Crippen molar-refractivity contribution in [3.63, 3.8) is 0 Å². The number of benzene rings is 3. The predicted octanol–water partition coefficient (Wildman–Crippen LogP) is 5.80. The Kier molecular flexibility index (Phi) is 6.84. The first-order chi connectivity index (χ1) is 17.4. The van der Waals surface area contributed by atoms with Crippen LogP contribution in [0, 0.1) is 11.6 Å². The third-order valence-electron chi connectivity index (χ3n) is 5.75. The Morgan fingerprint density at radius 3 is 2.44 bits per heavy atom. The zero-order chi connectivity index (χ0) is 25.2. The topological polar surface area (TPSA) is 74.1 Å². The molecule has 0 aromatic heterocycles. The maximum absolute atomic E-state index is 13.6. The highest BCUT2D eigenvalue weighted by Gasteiger charge is 2.39. The van der Waals surface area contributed by atoms with Crippen LogP contribution in [0.3, 0.4) is 0 Å². The Morgan fingerprint density at radius 2 is 1.75 bits per heavy atom. The van der Waals surface area contributed by atoms with Crippen LogP contribution in [0.5, 0.6) is 0 Å². The Labute approximate surface area is 215 Å². The summed E-state index contributed by atoms with van der Waals surface area (Å²) in [5.41, 5.74) is 2.74. The second-order valence-corrected chi connectivity index (χ2v) is 9.88. The molecule has 0 aliphatic carbocycles. The summed E-state index contributed by atoms with van der Waals surface area (Å²) in [4.78, 5) is 29.4. The molecule has 2 heterocycles. The molecular weight excluding hydrogens is 506 g/mol. The van der Waals surface area contributed by atoms with E-state index in [4.69, 9.17) is 16.7 Å². The van der Waals surface area contributed by atoms with Gasteiger partial charge in [-0.1, -0.05) is 53.7 Å². The van der Waals surface area contributed by atoms with Gasteiger partial charge >= 0.3 is 0 Å². The number of carbonyl (C=O) groups excluding carboxylic acids is 2. The Hall–Kier alpha value is -3.56. The van der Waals surface area contributed by atoms with Gasteiger partial charge in [0.15, 0.2) is 5.17 Å². The van der Waals surface area contributed by atoms with Crippen LogP contribution in [0.2, 0.25) is 5.02 Å². The first-order valence-electron chi connectivity index (χ1n) is 11.1. The maximum Gasteiger partial charge on any atom is 0.262 e. The number of anilines is 1. The number of amides is 2. The number of nitrogens with one attached hydrogen (secondary N) is 1. The third-order valence-corrected chi connectivity index (χ3v) is 7.12. The molecule has 0 bridgehead atoms. The van der Waals surface area contributed by atoms with Gasteiger partial charge in [-0.25, -0.2) is 13.8 Å². The average molecular weight is 525 g/mol. The second-order valence-electron chi connectivity index (χ2n) is 8.27. The summed E-state index contributed by atoms with van der Waals surface area (Å²) >= 11 is 7.12. The van der Waals surface area contributed by atoms with Crippen molar-refractivity contribution in [3.05, 3.63) is 101 Å². The summed E-state index contributed by atoms with van der Waals surface area (Å²) in [6.07, 6.45) is 0.373. The van der Waals surface area contributed by atoms with Crippen LogP contribution in [0.4, 0.5) is 14.5 Å². The second kappa shape index (κ2) is 10.2. The summed E-state index contributed by atoms with van der Waals surface area (Å²) in [6, 6.07) is 18.4. The van der Waals surface area contributed by atoms with Crippen LogP contribution in [-0.4, -0.2) is 33.0 Å². The number of amidine groups is 1. The first-order valence-corrected chi connectivity index (χ1v) is 12.3. The molecule has 3 aromatic carbocycles. The van der Waals surface area contributed by atoms with Crippen LogP contribution in [0.1, 0.15) is 30.0 Å². The van der Waals surface area contributed by atoms with E-state index < -0.39 is 11.2 Å². The quantitative estimate of drug-likeness (QED) is 0.458. The van der Waals surface area contributed by atoms with Crippen molar-refractivity contribution in [1.29, 1.82) is 0 Å². The van der Waals surface area contributed by atoms with Gasteiger partial charge in [-0.15, -0.1) is 0 Å². The molecule has 0 saturated carbocycles. The van der Waals surface area contributed by atoms with E-state index in [1.165, 1.54) is 24.3 Å². The summed E-state index contributed by atoms with van der Waals surface area (Å²) in [5.74, 6) is -1.49. The van der Waals surface area contributed by atoms with Crippen LogP contribution >= 0.6 is 23.4 Å². The number of halogens is 3. The van der Waals surface area contributed by atoms with Crippen molar-refractivity contribution in [1.82, 2.24) is 5.01 Å². The molecular formula is C26H19ClF2N4O2S. The number of hydrogen-bond acceptors (Lipinski definition) is 5. The highest BCUT2D eigenvalue weighted by Crippen LogP contribution is 2.38. The number of thioether (sulfide) groups is 1. The largest absolute Gasteiger partial charge is 0.326 e. The summed E-state index contributed by atoms with van der Waals surface area (Å²) in [7, 11) is 0. The van der Waals surface area contributed by atoms with Crippen molar-refractivity contribution in [2.24, 2.45) is 10.1 Å². The summed E-state index contributed by atoms with van der Waals surface area (Å²) in [5, 5.41) is 9.19. The van der Waals surface area contributed by atoms with Gasteiger partial charge in [0, 0.05) is 23.6 Å². The molecule has 2 amide bonds. The van der Waals surface area contributed by atoms with E-state index in [0.29, 0.717) is 28.0 Å². The predicted molar refractivity (Wildman–Crippen MR) is 137 cm³/mol. The Morgan fingerprint density at radius 1 is 1.06 bits per heavy atom. The minimum absolute atomic E-state index is 0.0768. The van der Waals surface area contributed by atoms with Gasteiger partial charge in [0.25, 0.3) is 5.91 Å². The lowest BCUT2D eigenvalue weighted by atomic mass is 9.98. The third kappa shape index (κ3) is 5.32. The molecule has 2 atom stereocenters. The summed E-state index contributed by atoms with van der Waals surface area (Å²) < 4.78 is 27.0. The van der Waals surface area contributed by atoms with Crippen molar-refractivity contribution >= 4 is 51.7 Å². The van der Waals surface area contributed by atoms with Crippen molar-refractivity contribution < 1.29 is 18.4 Å². The zero-order valence-electron chi connectivity index (χ0n) is 18.7. The van der Waals surface area contributed by atoms with Gasteiger partial charge in [-0.3, -0.25) is 9.59 Å². The van der Waals surface area contributed by atoms with Gasteiger partial charge < -0.3 is 5.32 Å². The van der Waals surface area contributed by atoms with Crippen molar-refractivity contribution in [2.75, 3.05) is 5.32 Å². The zero-order valence-corrected chi connectivity index (χ0v) is 20.3. The Bertz CT molecular complexity index is 1380. The van der Waals surface area contributed by atoms with E-state index in [2.05, 4.69) is 10.3 Å². The molecule has 1 N–H and O–H groups in total. The maximum atomic E-state index is 13.6. The highest BCUT2D eigenvalue weighted by atomic mass is 35.5. The molecule has 3 aromatic rings. The van der Waals surface area contributed by atoms with Gasteiger partial charge in [0.2, 0.25) is 5.91 Å². The molecule has 5 rings (SSSR count). The fourth-order valence-corrected chi connectivity index (χ4v) is 5.25. The lowest BCUT2D eigenvalue weighted by Gasteiger charge is -2.23. The smallest absolute Gasteiger partial charge is 0.262 e. The normalized spacial score (nSPS) is 19.3. The molecule has 0 spiro atoms. The van der Waals surface area contributed by atoms with E-state index in [1.54, 1.807) is 53.5 Å². The van der Waals surface area contributed by atoms with Crippen LogP contribution in [0.15, 0.2) is 82.9 Å².